The highest BCUT2D eigenvalue weighted by molar-refractivity contribution is 5.39. The summed E-state index contributed by atoms with van der Waals surface area (Å²) in [6, 6.07) is 12.2. The SMILES string of the molecule is COC1=C(C#N)[C@H](c2ccccc2)[C@@H](C)[C@H](OC(C)C)O1. The summed E-state index contributed by atoms with van der Waals surface area (Å²) in [7, 11) is 1.51. The Morgan fingerprint density at radius 2 is 1.90 bits per heavy atom. The summed E-state index contributed by atoms with van der Waals surface area (Å²) < 4.78 is 16.8. The highest BCUT2D eigenvalue weighted by Crippen LogP contribution is 2.41. The molecule has 0 aliphatic carbocycles. The Morgan fingerprint density at radius 3 is 2.43 bits per heavy atom. The molecule has 1 aromatic rings. The molecule has 0 fully saturated rings. The molecule has 1 heterocycles. The lowest BCUT2D eigenvalue weighted by molar-refractivity contribution is -0.201. The van der Waals surface area contributed by atoms with Gasteiger partial charge in [-0.1, -0.05) is 37.3 Å². The van der Waals surface area contributed by atoms with Crippen molar-refractivity contribution in [2.75, 3.05) is 7.11 Å². The summed E-state index contributed by atoms with van der Waals surface area (Å²) in [4.78, 5) is 0. The van der Waals surface area contributed by atoms with E-state index < -0.39 is 6.29 Å². The first kappa shape index (κ1) is 15.4. The van der Waals surface area contributed by atoms with Crippen LogP contribution in [0.15, 0.2) is 41.9 Å². The number of hydrogen-bond donors (Lipinski definition) is 0. The van der Waals surface area contributed by atoms with Gasteiger partial charge in [-0.15, -0.1) is 0 Å². The van der Waals surface area contributed by atoms with Gasteiger partial charge in [-0.2, -0.15) is 5.26 Å². The minimum atomic E-state index is -0.428. The summed E-state index contributed by atoms with van der Waals surface area (Å²) >= 11 is 0. The molecule has 0 unspecified atom stereocenters. The molecule has 1 aromatic carbocycles. The third-order valence-corrected chi connectivity index (χ3v) is 3.58. The Labute approximate surface area is 125 Å². The Hall–Kier alpha value is -1.99. The zero-order valence-electron chi connectivity index (χ0n) is 12.9. The zero-order valence-corrected chi connectivity index (χ0v) is 12.9. The summed E-state index contributed by atoms with van der Waals surface area (Å²) in [5, 5.41) is 9.50. The largest absolute Gasteiger partial charge is 0.468 e. The lowest BCUT2D eigenvalue weighted by Crippen LogP contribution is -2.37. The predicted molar refractivity (Wildman–Crippen MR) is 79.1 cm³/mol. The van der Waals surface area contributed by atoms with Crippen LogP contribution in [0, 0.1) is 17.2 Å². The molecule has 0 saturated carbocycles. The minimum absolute atomic E-state index is 0.0170. The maximum Gasteiger partial charge on any atom is 0.296 e. The average Bonchev–Trinajstić information content (AvgIpc) is 2.49. The molecule has 0 bridgehead atoms. The van der Waals surface area contributed by atoms with Crippen LogP contribution in [0.5, 0.6) is 0 Å². The van der Waals surface area contributed by atoms with Crippen molar-refractivity contribution in [2.45, 2.75) is 39.1 Å². The van der Waals surface area contributed by atoms with Crippen molar-refractivity contribution in [3.63, 3.8) is 0 Å². The summed E-state index contributed by atoms with van der Waals surface area (Å²) in [5.74, 6) is 0.183. The molecule has 2 rings (SSSR count). The second-order valence-corrected chi connectivity index (χ2v) is 5.44. The number of nitrogens with zero attached hydrogens (tertiary/aromatic N) is 1. The van der Waals surface area contributed by atoms with E-state index >= 15 is 0 Å². The third-order valence-electron chi connectivity index (χ3n) is 3.58. The van der Waals surface area contributed by atoms with Crippen molar-refractivity contribution in [3.8, 4) is 6.07 Å². The molecule has 0 aromatic heterocycles. The van der Waals surface area contributed by atoms with Crippen molar-refractivity contribution in [3.05, 3.63) is 47.4 Å². The van der Waals surface area contributed by atoms with E-state index in [0.717, 1.165) is 5.56 Å². The standard InChI is InChI=1S/C17H21NO3/c1-11(2)20-16-12(3)15(13-8-6-5-7-9-13)14(10-18)17(19-4)21-16/h5-9,11-12,15-16H,1-4H3/t12-,15+,16-/m1/s1. The van der Waals surface area contributed by atoms with Gasteiger partial charge >= 0.3 is 0 Å². The van der Waals surface area contributed by atoms with Crippen LogP contribution in [0.4, 0.5) is 0 Å². The van der Waals surface area contributed by atoms with E-state index in [9.17, 15) is 5.26 Å². The summed E-state index contributed by atoms with van der Waals surface area (Å²) in [5.41, 5.74) is 1.58. The monoisotopic (exact) mass is 287 g/mol. The normalized spacial score (nSPS) is 25.4. The van der Waals surface area contributed by atoms with Crippen molar-refractivity contribution in [2.24, 2.45) is 5.92 Å². The molecule has 3 atom stereocenters. The van der Waals surface area contributed by atoms with Crippen LogP contribution in [0.25, 0.3) is 0 Å². The van der Waals surface area contributed by atoms with Gasteiger partial charge in [0.25, 0.3) is 5.95 Å². The Morgan fingerprint density at radius 1 is 1.24 bits per heavy atom. The van der Waals surface area contributed by atoms with Crippen molar-refractivity contribution in [1.29, 1.82) is 5.26 Å². The van der Waals surface area contributed by atoms with E-state index in [0.29, 0.717) is 5.57 Å². The molecule has 4 nitrogen and oxygen atoms in total. The van der Waals surface area contributed by atoms with Gasteiger partial charge in [-0.3, -0.25) is 0 Å². The molecule has 0 spiro atoms. The third kappa shape index (κ3) is 3.20. The van der Waals surface area contributed by atoms with Crippen LogP contribution >= 0.6 is 0 Å². The molecule has 112 valence electrons. The first-order valence-electron chi connectivity index (χ1n) is 7.13. The molecule has 0 saturated heterocycles. The lowest BCUT2D eigenvalue weighted by Gasteiger charge is -2.37. The van der Waals surface area contributed by atoms with E-state index in [-0.39, 0.29) is 23.9 Å². The molecular formula is C17H21NO3. The predicted octanol–water partition coefficient (Wildman–Crippen LogP) is 3.57. The number of methoxy groups -OCH3 is 1. The smallest absolute Gasteiger partial charge is 0.296 e. The molecule has 4 heteroatoms. The minimum Gasteiger partial charge on any atom is -0.468 e. The van der Waals surface area contributed by atoms with Gasteiger partial charge in [-0.05, 0) is 19.4 Å². The summed E-state index contributed by atoms with van der Waals surface area (Å²) in [6.07, 6.45) is -0.391. The van der Waals surface area contributed by atoms with Gasteiger partial charge in [0.15, 0.2) is 0 Å². The van der Waals surface area contributed by atoms with Gasteiger partial charge in [0.2, 0.25) is 6.29 Å². The number of hydrogen-bond acceptors (Lipinski definition) is 4. The quantitative estimate of drug-likeness (QED) is 0.849. The van der Waals surface area contributed by atoms with E-state index in [1.165, 1.54) is 7.11 Å². The first-order valence-corrected chi connectivity index (χ1v) is 7.13. The van der Waals surface area contributed by atoms with Crippen LogP contribution in [-0.2, 0) is 14.2 Å². The highest BCUT2D eigenvalue weighted by Gasteiger charge is 2.40. The van der Waals surface area contributed by atoms with Crippen molar-refractivity contribution >= 4 is 0 Å². The fourth-order valence-electron chi connectivity index (χ4n) is 2.65. The van der Waals surface area contributed by atoms with E-state index in [4.69, 9.17) is 14.2 Å². The Bertz CT molecular complexity index is 545. The number of ether oxygens (including phenoxy) is 3. The molecule has 1 aliphatic rings. The fraction of sp³-hybridized carbons (Fsp3) is 0.471. The number of rotatable bonds is 4. The maximum atomic E-state index is 9.50. The lowest BCUT2D eigenvalue weighted by atomic mass is 9.80. The topological polar surface area (TPSA) is 51.5 Å². The number of allylic oxidation sites excluding steroid dienone is 1. The van der Waals surface area contributed by atoms with Gasteiger partial charge in [0.05, 0.1) is 13.2 Å². The zero-order chi connectivity index (χ0) is 15.4. The van der Waals surface area contributed by atoms with Gasteiger partial charge < -0.3 is 14.2 Å². The van der Waals surface area contributed by atoms with E-state index in [1.807, 2.05) is 51.1 Å². The molecule has 21 heavy (non-hydrogen) atoms. The van der Waals surface area contributed by atoms with Crippen molar-refractivity contribution in [1.82, 2.24) is 0 Å². The van der Waals surface area contributed by atoms with Gasteiger partial charge in [0, 0.05) is 11.8 Å². The van der Waals surface area contributed by atoms with Crippen LogP contribution < -0.4 is 0 Å². The Kier molecular flexibility index (Phi) is 4.87. The average molecular weight is 287 g/mol. The second kappa shape index (κ2) is 6.64. The second-order valence-electron chi connectivity index (χ2n) is 5.44. The number of benzene rings is 1. The maximum absolute atomic E-state index is 9.50. The van der Waals surface area contributed by atoms with Crippen LogP contribution in [0.2, 0.25) is 0 Å². The van der Waals surface area contributed by atoms with Gasteiger partial charge in [-0.25, -0.2) is 0 Å². The Balaban J connectivity index is 2.45. The number of nitriles is 1. The van der Waals surface area contributed by atoms with E-state index in [1.54, 1.807) is 0 Å². The molecular weight excluding hydrogens is 266 g/mol. The van der Waals surface area contributed by atoms with Crippen LogP contribution in [-0.4, -0.2) is 19.5 Å². The molecule has 1 aliphatic heterocycles. The van der Waals surface area contributed by atoms with E-state index in [2.05, 4.69) is 6.07 Å². The first-order chi connectivity index (χ1) is 10.1. The molecule has 0 N–H and O–H groups in total. The summed E-state index contributed by atoms with van der Waals surface area (Å²) in [6.45, 7) is 5.96. The molecule has 0 radical (unpaired) electrons. The molecule has 0 amide bonds. The van der Waals surface area contributed by atoms with Crippen LogP contribution in [0.3, 0.4) is 0 Å². The van der Waals surface area contributed by atoms with Gasteiger partial charge in [0.1, 0.15) is 11.6 Å². The van der Waals surface area contributed by atoms with Crippen molar-refractivity contribution < 1.29 is 14.2 Å². The fourth-order valence-corrected chi connectivity index (χ4v) is 2.65. The highest BCUT2D eigenvalue weighted by atomic mass is 16.8. The van der Waals surface area contributed by atoms with Crippen LogP contribution in [0.1, 0.15) is 32.3 Å².